The first-order valence-corrected chi connectivity index (χ1v) is 7.02. The Bertz CT molecular complexity index is 539. The molecule has 0 aliphatic carbocycles. The predicted octanol–water partition coefficient (Wildman–Crippen LogP) is 2.71. The fourth-order valence-electron chi connectivity index (χ4n) is 2.05. The number of aliphatic hydroxyl groups is 1. The zero-order valence-electron chi connectivity index (χ0n) is 12.0. The van der Waals surface area contributed by atoms with Crippen molar-refractivity contribution < 1.29 is 9.84 Å². The van der Waals surface area contributed by atoms with E-state index in [0.29, 0.717) is 18.8 Å². The first-order chi connectivity index (χ1) is 9.76. The molecule has 5 heteroatoms. The topological polar surface area (TPSA) is 60.2 Å². The Hall–Kier alpha value is -1.88. The van der Waals surface area contributed by atoms with Gasteiger partial charge in [0.05, 0.1) is 6.10 Å². The summed E-state index contributed by atoms with van der Waals surface area (Å²) in [5.74, 6) is 1.50. The molecular formula is C15H21N3O2. The number of nitrogens with zero attached hydrogens (tertiary/aromatic N) is 3. The third-order valence-corrected chi connectivity index (χ3v) is 3.15. The van der Waals surface area contributed by atoms with E-state index in [1.165, 1.54) is 0 Å². The molecule has 1 atom stereocenters. The van der Waals surface area contributed by atoms with Crippen LogP contribution in [0.25, 0.3) is 0 Å². The maximum Gasteiger partial charge on any atom is 0.164 e. The molecule has 0 saturated carbocycles. The average Bonchev–Trinajstić information content (AvgIpc) is 2.92. The second-order valence-electron chi connectivity index (χ2n) is 4.65. The third kappa shape index (κ3) is 3.36. The van der Waals surface area contributed by atoms with E-state index < -0.39 is 6.10 Å². The van der Waals surface area contributed by atoms with E-state index in [1.54, 1.807) is 6.33 Å². The monoisotopic (exact) mass is 275 g/mol. The van der Waals surface area contributed by atoms with Gasteiger partial charge in [-0.25, -0.2) is 9.67 Å². The molecule has 1 aromatic carbocycles. The van der Waals surface area contributed by atoms with Crippen molar-refractivity contribution in [3.05, 3.63) is 42.0 Å². The van der Waals surface area contributed by atoms with Gasteiger partial charge >= 0.3 is 0 Å². The molecule has 108 valence electrons. The number of ether oxygens (including phenoxy) is 1. The second-order valence-corrected chi connectivity index (χ2v) is 4.65. The lowest BCUT2D eigenvalue weighted by atomic mass is 10.1. The Balaban J connectivity index is 2.09. The van der Waals surface area contributed by atoms with Crippen LogP contribution in [-0.2, 0) is 13.2 Å². The van der Waals surface area contributed by atoms with E-state index in [9.17, 15) is 5.11 Å². The molecule has 1 N–H and O–H groups in total. The molecule has 0 fully saturated rings. The molecule has 0 aliphatic rings. The van der Waals surface area contributed by atoms with E-state index in [0.717, 1.165) is 24.4 Å². The first-order valence-electron chi connectivity index (χ1n) is 7.02. The van der Waals surface area contributed by atoms with Crippen LogP contribution in [0, 0.1) is 0 Å². The zero-order chi connectivity index (χ0) is 14.4. The number of benzene rings is 1. The lowest BCUT2D eigenvalue weighted by Gasteiger charge is -2.14. The van der Waals surface area contributed by atoms with E-state index in [-0.39, 0.29) is 0 Å². The molecule has 2 rings (SSSR count). The average molecular weight is 275 g/mol. The summed E-state index contributed by atoms with van der Waals surface area (Å²) in [7, 11) is 0. The molecule has 2 aromatic rings. The highest BCUT2D eigenvalue weighted by atomic mass is 16.5. The number of aliphatic hydroxyl groups excluding tert-OH is 1. The molecule has 5 nitrogen and oxygen atoms in total. The quantitative estimate of drug-likeness (QED) is 0.844. The molecule has 0 aliphatic heterocycles. The zero-order valence-corrected chi connectivity index (χ0v) is 12.0. The van der Waals surface area contributed by atoms with Gasteiger partial charge in [0.2, 0.25) is 0 Å². The summed E-state index contributed by atoms with van der Waals surface area (Å²) in [6.45, 7) is 5.23. The molecule has 0 unspecified atom stereocenters. The van der Waals surface area contributed by atoms with Gasteiger partial charge in [-0.15, -0.1) is 0 Å². The van der Waals surface area contributed by atoms with E-state index in [2.05, 4.69) is 17.0 Å². The fourth-order valence-corrected chi connectivity index (χ4v) is 2.05. The Morgan fingerprint density at radius 1 is 1.30 bits per heavy atom. The van der Waals surface area contributed by atoms with Crippen molar-refractivity contribution in [2.45, 2.75) is 45.9 Å². The summed E-state index contributed by atoms with van der Waals surface area (Å²) in [4.78, 5) is 4.21. The van der Waals surface area contributed by atoms with Crippen molar-refractivity contribution in [1.82, 2.24) is 14.8 Å². The number of hydrogen-bond donors (Lipinski definition) is 1. The van der Waals surface area contributed by atoms with Crippen LogP contribution >= 0.6 is 0 Å². The Morgan fingerprint density at radius 2 is 2.10 bits per heavy atom. The fraction of sp³-hybridized carbons (Fsp3) is 0.467. The maximum absolute atomic E-state index is 9.99. The normalized spacial score (nSPS) is 12.3. The molecule has 0 spiro atoms. The van der Waals surface area contributed by atoms with Gasteiger partial charge in [-0.1, -0.05) is 32.0 Å². The second kappa shape index (κ2) is 7.05. The minimum atomic E-state index is -0.500. The van der Waals surface area contributed by atoms with E-state index in [1.807, 2.05) is 35.9 Å². The molecule has 0 saturated heterocycles. The predicted molar refractivity (Wildman–Crippen MR) is 76.3 cm³/mol. The highest BCUT2D eigenvalue weighted by Gasteiger charge is 2.12. The van der Waals surface area contributed by atoms with Crippen molar-refractivity contribution in [2.24, 2.45) is 0 Å². The van der Waals surface area contributed by atoms with Crippen LogP contribution in [0.1, 0.15) is 44.2 Å². The summed E-state index contributed by atoms with van der Waals surface area (Å²) >= 11 is 0. The molecule has 1 heterocycles. The van der Waals surface area contributed by atoms with Gasteiger partial charge in [0.25, 0.3) is 0 Å². The Kier molecular flexibility index (Phi) is 5.12. The number of hydrogen-bond acceptors (Lipinski definition) is 4. The minimum Gasteiger partial charge on any atom is -0.485 e. The standard InChI is InChI=1S/C15H21N3O2/c1-3-9-18-15(16-11-17-18)10-20-14-8-6-5-7-12(14)13(19)4-2/h5-8,11,13,19H,3-4,9-10H2,1-2H3/t13-/m0/s1. The van der Waals surface area contributed by atoms with Crippen molar-refractivity contribution in [1.29, 1.82) is 0 Å². The van der Waals surface area contributed by atoms with Gasteiger partial charge in [0.15, 0.2) is 5.82 Å². The van der Waals surface area contributed by atoms with Crippen LogP contribution in [-0.4, -0.2) is 19.9 Å². The van der Waals surface area contributed by atoms with E-state index >= 15 is 0 Å². The maximum atomic E-state index is 9.99. The van der Waals surface area contributed by atoms with Gasteiger partial charge in [0.1, 0.15) is 18.7 Å². The largest absolute Gasteiger partial charge is 0.485 e. The van der Waals surface area contributed by atoms with Crippen LogP contribution in [0.15, 0.2) is 30.6 Å². The van der Waals surface area contributed by atoms with Crippen LogP contribution in [0.5, 0.6) is 5.75 Å². The van der Waals surface area contributed by atoms with Crippen molar-refractivity contribution >= 4 is 0 Å². The Morgan fingerprint density at radius 3 is 2.85 bits per heavy atom. The molecule has 0 amide bonds. The number of para-hydroxylation sites is 1. The number of aromatic nitrogens is 3. The smallest absolute Gasteiger partial charge is 0.164 e. The number of aryl methyl sites for hydroxylation is 1. The summed E-state index contributed by atoms with van der Waals surface area (Å²) in [5.41, 5.74) is 0.816. The first kappa shape index (κ1) is 14.5. The highest BCUT2D eigenvalue weighted by Crippen LogP contribution is 2.27. The summed E-state index contributed by atoms with van der Waals surface area (Å²) in [5, 5.41) is 14.2. The summed E-state index contributed by atoms with van der Waals surface area (Å²) in [6.07, 6.45) is 2.70. The van der Waals surface area contributed by atoms with Gasteiger partial charge in [-0.3, -0.25) is 0 Å². The lowest BCUT2D eigenvalue weighted by Crippen LogP contribution is -2.09. The molecular weight excluding hydrogens is 254 g/mol. The van der Waals surface area contributed by atoms with E-state index in [4.69, 9.17) is 4.74 Å². The summed E-state index contributed by atoms with van der Waals surface area (Å²) < 4.78 is 7.65. The van der Waals surface area contributed by atoms with Crippen LogP contribution in [0.2, 0.25) is 0 Å². The van der Waals surface area contributed by atoms with Gasteiger partial charge < -0.3 is 9.84 Å². The van der Waals surface area contributed by atoms with Gasteiger partial charge in [-0.2, -0.15) is 5.10 Å². The summed E-state index contributed by atoms with van der Waals surface area (Å²) in [6, 6.07) is 7.56. The minimum absolute atomic E-state index is 0.355. The third-order valence-electron chi connectivity index (χ3n) is 3.15. The van der Waals surface area contributed by atoms with Crippen LogP contribution in [0.4, 0.5) is 0 Å². The SMILES string of the molecule is CCCn1ncnc1COc1ccccc1[C@@H](O)CC. The molecule has 0 radical (unpaired) electrons. The molecule has 0 bridgehead atoms. The number of rotatable bonds is 7. The Labute approximate surface area is 119 Å². The molecule has 1 aromatic heterocycles. The van der Waals surface area contributed by atoms with Crippen molar-refractivity contribution in [3.63, 3.8) is 0 Å². The lowest BCUT2D eigenvalue weighted by molar-refractivity contribution is 0.165. The van der Waals surface area contributed by atoms with Gasteiger partial charge in [0, 0.05) is 12.1 Å². The van der Waals surface area contributed by atoms with Gasteiger partial charge in [-0.05, 0) is 18.9 Å². The highest BCUT2D eigenvalue weighted by molar-refractivity contribution is 5.35. The van der Waals surface area contributed by atoms with Crippen molar-refractivity contribution in [3.8, 4) is 5.75 Å². The van der Waals surface area contributed by atoms with Crippen LogP contribution < -0.4 is 4.74 Å². The van der Waals surface area contributed by atoms with Crippen molar-refractivity contribution in [2.75, 3.05) is 0 Å². The molecule has 20 heavy (non-hydrogen) atoms. The van der Waals surface area contributed by atoms with Crippen LogP contribution in [0.3, 0.4) is 0 Å².